The summed E-state index contributed by atoms with van der Waals surface area (Å²) in [5, 5.41) is 22.1. The van der Waals surface area contributed by atoms with Crippen LogP contribution in [-0.4, -0.2) is 11.1 Å². The molecule has 3 nitrogen and oxygen atoms in total. The van der Waals surface area contributed by atoms with Crippen molar-refractivity contribution in [1.29, 1.82) is 5.26 Å². The van der Waals surface area contributed by atoms with Crippen LogP contribution in [0.2, 0.25) is 0 Å². The van der Waals surface area contributed by atoms with Crippen molar-refractivity contribution in [2.24, 2.45) is 5.92 Å². The van der Waals surface area contributed by atoms with Crippen molar-refractivity contribution in [2.75, 3.05) is 0 Å². The van der Waals surface area contributed by atoms with Gasteiger partial charge in [0.15, 0.2) is 0 Å². The molecule has 1 aliphatic rings. The van der Waals surface area contributed by atoms with Crippen molar-refractivity contribution < 1.29 is 5.11 Å². The number of nitrogens with zero attached hydrogens (tertiary/aromatic N) is 1. The SMILES string of the molecule is N#CC1CCCC1NCc1cc(Br)ccc1O. The molecule has 1 aromatic rings. The molecular weight excluding hydrogens is 280 g/mol. The van der Waals surface area contributed by atoms with E-state index in [9.17, 15) is 5.11 Å². The lowest BCUT2D eigenvalue weighted by Gasteiger charge is -2.16. The average molecular weight is 295 g/mol. The third kappa shape index (κ3) is 2.99. The Morgan fingerprint density at radius 1 is 1.47 bits per heavy atom. The molecule has 0 aromatic heterocycles. The molecule has 2 rings (SSSR count). The minimum atomic E-state index is 0.115. The lowest BCUT2D eigenvalue weighted by Crippen LogP contribution is -2.31. The third-order valence-electron chi connectivity index (χ3n) is 3.28. The van der Waals surface area contributed by atoms with E-state index in [1.165, 1.54) is 0 Å². The molecule has 0 radical (unpaired) electrons. The fraction of sp³-hybridized carbons (Fsp3) is 0.462. The Kier molecular flexibility index (Phi) is 4.03. The second kappa shape index (κ2) is 5.52. The highest BCUT2D eigenvalue weighted by atomic mass is 79.9. The van der Waals surface area contributed by atoms with Gasteiger partial charge in [0.25, 0.3) is 0 Å². The van der Waals surface area contributed by atoms with Crippen molar-refractivity contribution in [1.82, 2.24) is 5.32 Å². The highest BCUT2D eigenvalue weighted by Gasteiger charge is 2.26. The summed E-state index contributed by atoms with van der Waals surface area (Å²) in [6.45, 7) is 0.605. The third-order valence-corrected chi connectivity index (χ3v) is 3.77. The Morgan fingerprint density at radius 3 is 3.06 bits per heavy atom. The number of hydrogen-bond donors (Lipinski definition) is 2. The van der Waals surface area contributed by atoms with Crippen LogP contribution in [-0.2, 0) is 6.54 Å². The number of aromatic hydroxyl groups is 1. The lowest BCUT2D eigenvalue weighted by molar-refractivity contribution is 0.440. The maximum Gasteiger partial charge on any atom is 0.120 e. The Bertz CT molecular complexity index is 442. The molecule has 1 saturated carbocycles. The van der Waals surface area contributed by atoms with E-state index in [-0.39, 0.29) is 12.0 Å². The Hall–Kier alpha value is -1.05. The first-order chi connectivity index (χ1) is 8.20. The molecule has 0 aliphatic heterocycles. The molecule has 0 spiro atoms. The van der Waals surface area contributed by atoms with Crippen molar-refractivity contribution >= 4 is 15.9 Å². The normalized spacial score (nSPS) is 23.5. The average Bonchev–Trinajstić information content (AvgIpc) is 2.77. The molecule has 2 N–H and O–H groups in total. The highest BCUT2D eigenvalue weighted by molar-refractivity contribution is 9.10. The van der Waals surface area contributed by atoms with Crippen LogP contribution < -0.4 is 5.32 Å². The van der Waals surface area contributed by atoms with E-state index in [0.29, 0.717) is 12.3 Å². The predicted molar refractivity (Wildman–Crippen MR) is 69.4 cm³/mol. The molecule has 0 heterocycles. The molecule has 4 heteroatoms. The molecule has 2 unspecified atom stereocenters. The van der Waals surface area contributed by atoms with Crippen LogP contribution in [0.5, 0.6) is 5.75 Å². The molecule has 2 atom stereocenters. The zero-order valence-corrected chi connectivity index (χ0v) is 11.1. The number of phenols is 1. The van der Waals surface area contributed by atoms with Crippen molar-refractivity contribution in [3.63, 3.8) is 0 Å². The second-order valence-corrected chi connectivity index (χ2v) is 5.34. The first kappa shape index (κ1) is 12.4. The fourth-order valence-corrected chi connectivity index (χ4v) is 2.70. The fourth-order valence-electron chi connectivity index (χ4n) is 2.30. The molecule has 0 bridgehead atoms. The molecule has 1 aromatic carbocycles. The van der Waals surface area contributed by atoms with Gasteiger partial charge in [-0.2, -0.15) is 5.26 Å². The summed E-state index contributed by atoms with van der Waals surface area (Å²) in [6.07, 6.45) is 3.14. The van der Waals surface area contributed by atoms with Crippen LogP contribution in [0.25, 0.3) is 0 Å². The number of benzene rings is 1. The van der Waals surface area contributed by atoms with Gasteiger partial charge in [-0.25, -0.2) is 0 Å². The first-order valence-electron chi connectivity index (χ1n) is 5.81. The summed E-state index contributed by atoms with van der Waals surface area (Å²) in [7, 11) is 0. The number of nitriles is 1. The van der Waals surface area contributed by atoms with Crippen LogP contribution in [0.3, 0.4) is 0 Å². The van der Waals surface area contributed by atoms with Crippen molar-refractivity contribution in [2.45, 2.75) is 31.8 Å². The van der Waals surface area contributed by atoms with Crippen molar-refractivity contribution in [3.05, 3.63) is 28.2 Å². The summed E-state index contributed by atoms with van der Waals surface area (Å²) in [5.41, 5.74) is 0.864. The molecule has 90 valence electrons. The second-order valence-electron chi connectivity index (χ2n) is 4.43. The maximum absolute atomic E-state index is 9.71. The number of hydrogen-bond acceptors (Lipinski definition) is 3. The monoisotopic (exact) mass is 294 g/mol. The molecule has 0 saturated heterocycles. The highest BCUT2D eigenvalue weighted by Crippen LogP contribution is 2.26. The minimum absolute atomic E-state index is 0.115. The van der Waals surface area contributed by atoms with Gasteiger partial charge in [-0.15, -0.1) is 0 Å². The van der Waals surface area contributed by atoms with Crippen LogP contribution in [0.15, 0.2) is 22.7 Å². The predicted octanol–water partition coefficient (Wildman–Crippen LogP) is 2.94. The number of phenolic OH excluding ortho intramolecular Hbond substituents is 1. The Morgan fingerprint density at radius 2 is 2.29 bits per heavy atom. The molecular formula is C13H15BrN2O. The Labute approximate surface area is 110 Å². The van der Waals surface area contributed by atoms with Gasteiger partial charge in [0.2, 0.25) is 0 Å². The lowest BCUT2D eigenvalue weighted by atomic mass is 10.1. The van der Waals surface area contributed by atoms with E-state index in [4.69, 9.17) is 5.26 Å². The van der Waals surface area contributed by atoms with Gasteiger partial charge >= 0.3 is 0 Å². The smallest absolute Gasteiger partial charge is 0.120 e. The van der Waals surface area contributed by atoms with E-state index >= 15 is 0 Å². The van der Waals surface area contributed by atoms with Gasteiger partial charge in [-0.3, -0.25) is 0 Å². The Balaban J connectivity index is 1.98. The molecule has 1 aliphatic carbocycles. The molecule has 17 heavy (non-hydrogen) atoms. The zero-order valence-electron chi connectivity index (χ0n) is 9.49. The van der Waals surface area contributed by atoms with Crippen molar-refractivity contribution in [3.8, 4) is 11.8 Å². The van der Waals surface area contributed by atoms with Gasteiger partial charge in [0.1, 0.15) is 5.75 Å². The van der Waals surface area contributed by atoms with E-state index in [1.54, 1.807) is 6.07 Å². The largest absolute Gasteiger partial charge is 0.508 e. The van der Waals surface area contributed by atoms with Crippen LogP contribution in [0.4, 0.5) is 0 Å². The van der Waals surface area contributed by atoms with E-state index in [0.717, 1.165) is 29.3 Å². The maximum atomic E-state index is 9.71. The van der Waals surface area contributed by atoms with Crippen LogP contribution >= 0.6 is 15.9 Å². The summed E-state index contributed by atoms with van der Waals surface area (Å²) < 4.78 is 0.954. The molecule has 1 fully saturated rings. The van der Waals surface area contributed by atoms with E-state index in [1.807, 2.05) is 12.1 Å². The van der Waals surface area contributed by atoms with Gasteiger partial charge in [-0.05, 0) is 31.0 Å². The summed E-state index contributed by atoms with van der Waals surface area (Å²) in [4.78, 5) is 0. The first-order valence-corrected chi connectivity index (χ1v) is 6.60. The topological polar surface area (TPSA) is 56.0 Å². The van der Waals surface area contributed by atoms with Crippen LogP contribution in [0, 0.1) is 17.2 Å². The number of nitrogens with one attached hydrogen (secondary N) is 1. The quantitative estimate of drug-likeness (QED) is 0.901. The molecule has 0 amide bonds. The number of halogens is 1. The summed E-state index contributed by atoms with van der Waals surface area (Å²) in [5.74, 6) is 0.413. The number of rotatable bonds is 3. The zero-order chi connectivity index (χ0) is 12.3. The minimum Gasteiger partial charge on any atom is -0.508 e. The van der Waals surface area contributed by atoms with Gasteiger partial charge < -0.3 is 10.4 Å². The van der Waals surface area contributed by atoms with E-state index in [2.05, 4.69) is 27.3 Å². The van der Waals surface area contributed by atoms with E-state index < -0.39 is 0 Å². The van der Waals surface area contributed by atoms with Gasteiger partial charge in [0.05, 0.1) is 12.0 Å². The van der Waals surface area contributed by atoms with Crippen LogP contribution in [0.1, 0.15) is 24.8 Å². The summed E-state index contributed by atoms with van der Waals surface area (Å²) in [6, 6.07) is 8.00. The van der Waals surface area contributed by atoms with Gasteiger partial charge in [-0.1, -0.05) is 22.4 Å². The summed E-state index contributed by atoms with van der Waals surface area (Å²) >= 11 is 3.38. The standard InChI is InChI=1S/C13H15BrN2O/c14-11-4-5-13(17)10(6-11)8-16-12-3-1-2-9(12)7-15/h4-6,9,12,16-17H,1-3,8H2. The van der Waals surface area contributed by atoms with Gasteiger partial charge in [0, 0.05) is 22.6 Å².